The molecule has 0 saturated heterocycles. The number of rotatable bonds is 1. The Bertz CT molecular complexity index is 525. The summed E-state index contributed by atoms with van der Waals surface area (Å²) in [6.45, 7) is 3.40. The zero-order valence-corrected chi connectivity index (χ0v) is 9.85. The lowest BCUT2D eigenvalue weighted by Gasteiger charge is -2.16. The molecule has 1 aromatic carbocycles. The van der Waals surface area contributed by atoms with Gasteiger partial charge in [-0.15, -0.1) is 0 Å². The van der Waals surface area contributed by atoms with Gasteiger partial charge in [-0.3, -0.25) is 0 Å². The van der Waals surface area contributed by atoms with E-state index in [1.54, 1.807) is 0 Å². The predicted molar refractivity (Wildman–Crippen MR) is 67.7 cm³/mol. The number of para-hydroxylation sites is 1. The summed E-state index contributed by atoms with van der Waals surface area (Å²) in [5.41, 5.74) is 5.80. The maximum Gasteiger partial charge on any atom is 0.0518 e. The fraction of sp³-hybridized carbons (Fsp3) is 0.385. The summed E-state index contributed by atoms with van der Waals surface area (Å²) in [6, 6.07) is 6.68. The molecule has 0 unspecified atom stereocenters. The normalized spacial score (nSPS) is 14.8. The number of aromatic nitrogens is 1. The first kappa shape index (κ1) is 9.34. The van der Waals surface area contributed by atoms with Crippen LogP contribution in [0.25, 0.3) is 10.9 Å². The Morgan fingerprint density at radius 1 is 1.40 bits per heavy atom. The summed E-state index contributed by atoms with van der Waals surface area (Å²) >= 11 is 4.45. The maximum absolute atomic E-state index is 4.45. The molecular weight excluding hydrogens is 202 g/mol. The van der Waals surface area contributed by atoms with Gasteiger partial charge in [0.25, 0.3) is 0 Å². The lowest BCUT2D eigenvalue weighted by Crippen LogP contribution is -2.08. The topological polar surface area (TPSA) is 4.93 Å². The lowest BCUT2D eigenvalue weighted by molar-refractivity contribution is 0.622. The highest BCUT2D eigenvalue weighted by molar-refractivity contribution is 7.79. The van der Waals surface area contributed by atoms with Crippen molar-refractivity contribution in [3.05, 3.63) is 35.0 Å². The molecular formula is C13H15NS. The SMILES string of the molecule is Cc1c(CS)c2cccc3c2n1CCC3. The summed E-state index contributed by atoms with van der Waals surface area (Å²) < 4.78 is 2.47. The summed E-state index contributed by atoms with van der Waals surface area (Å²) in [7, 11) is 0. The van der Waals surface area contributed by atoms with Crippen molar-refractivity contribution < 1.29 is 0 Å². The zero-order valence-electron chi connectivity index (χ0n) is 8.95. The van der Waals surface area contributed by atoms with Gasteiger partial charge in [-0.25, -0.2) is 0 Å². The Hall–Kier alpha value is -0.890. The molecule has 78 valence electrons. The molecule has 2 heteroatoms. The number of aryl methyl sites for hydroxylation is 2. The molecule has 0 amide bonds. The van der Waals surface area contributed by atoms with Gasteiger partial charge >= 0.3 is 0 Å². The van der Waals surface area contributed by atoms with Crippen LogP contribution in [0.1, 0.15) is 23.2 Å². The molecule has 15 heavy (non-hydrogen) atoms. The van der Waals surface area contributed by atoms with E-state index in [4.69, 9.17) is 0 Å². The van der Waals surface area contributed by atoms with Crippen LogP contribution in [0.15, 0.2) is 18.2 Å². The van der Waals surface area contributed by atoms with Crippen LogP contribution in [0.4, 0.5) is 0 Å². The molecule has 3 rings (SSSR count). The highest BCUT2D eigenvalue weighted by Gasteiger charge is 2.18. The van der Waals surface area contributed by atoms with Crippen molar-refractivity contribution in [1.29, 1.82) is 0 Å². The molecule has 2 aromatic rings. The van der Waals surface area contributed by atoms with Gasteiger partial charge in [-0.05, 0) is 30.9 Å². The smallest absolute Gasteiger partial charge is 0.0518 e. The van der Waals surface area contributed by atoms with Crippen LogP contribution in [0, 0.1) is 6.92 Å². The van der Waals surface area contributed by atoms with E-state index in [0.29, 0.717) is 0 Å². The van der Waals surface area contributed by atoms with E-state index < -0.39 is 0 Å². The van der Waals surface area contributed by atoms with Crippen LogP contribution in [0.2, 0.25) is 0 Å². The Morgan fingerprint density at radius 2 is 2.27 bits per heavy atom. The highest BCUT2D eigenvalue weighted by Crippen LogP contribution is 2.32. The average molecular weight is 217 g/mol. The molecule has 0 saturated carbocycles. The molecule has 0 bridgehead atoms. The van der Waals surface area contributed by atoms with Gasteiger partial charge in [0.05, 0.1) is 5.52 Å². The Balaban J connectivity index is 2.48. The van der Waals surface area contributed by atoms with Crippen molar-refractivity contribution in [2.45, 2.75) is 32.1 Å². The second kappa shape index (κ2) is 3.31. The van der Waals surface area contributed by atoms with E-state index in [-0.39, 0.29) is 0 Å². The van der Waals surface area contributed by atoms with E-state index in [2.05, 4.69) is 42.3 Å². The monoisotopic (exact) mass is 217 g/mol. The number of hydrogen-bond acceptors (Lipinski definition) is 1. The number of nitrogens with zero attached hydrogens (tertiary/aromatic N) is 1. The minimum atomic E-state index is 0.846. The molecule has 0 aliphatic carbocycles. The van der Waals surface area contributed by atoms with Crippen LogP contribution in [-0.2, 0) is 18.7 Å². The number of hydrogen-bond donors (Lipinski definition) is 1. The predicted octanol–water partition coefficient (Wildman–Crippen LogP) is 3.33. The van der Waals surface area contributed by atoms with Crippen molar-refractivity contribution in [3.8, 4) is 0 Å². The van der Waals surface area contributed by atoms with Crippen LogP contribution < -0.4 is 0 Å². The third-order valence-electron chi connectivity index (χ3n) is 3.54. The fourth-order valence-electron chi connectivity index (χ4n) is 2.79. The summed E-state index contributed by atoms with van der Waals surface area (Å²) in [6.07, 6.45) is 2.50. The van der Waals surface area contributed by atoms with Gasteiger partial charge in [0, 0.05) is 23.4 Å². The molecule has 1 aromatic heterocycles. The van der Waals surface area contributed by atoms with E-state index >= 15 is 0 Å². The minimum absolute atomic E-state index is 0.846. The van der Waals surface area contributed by atoms with Crippen molar-refractivity contribution in [1.82, 2.24) is 4.57 Å². The number of thiol groups is 1. The van der Waals surface area contributed by atoms with E-state index in [1.807, 2.05) is 0 Å². The first-order valence-electron chi connectivity index (χ1n) is 5.53. The van der Waals surface area contributed by atoms with Gasteiger partial charge in [0.15, 0.2) is 0 Å². The molecule has 1 aliphatic rings. The van der Waals surface area contributed by atoms with Crippen molar-refractivity contribution in [3.63, 3.8) is 0 Å². The third kappa shape index (κ3) is 1.18. The fourth-order valence-corrected chi connectivity index (χ4v) is 3.19. The molecule has 0 N–H and O–H groups in total. The van der Waals surface area contributed by atoms with Gasteiger partial charge in [0.2, 0.25) is 0 Å². The number of benzene rings is 1. The molecule has 0 radical (unpaired) electrons. The summed E-state index contributed by atoms with van der Waals surface area (Å²) in [4.78, 5) is 0. The maximum atomic E-state index is 4.45. The van der Waals surface area contributed by atoms with Crippen molar-refractivity contribution in [2.24, 2.45) is 0 Å². The minimum Gasteiger partial charge on any atom is -0.344 e. The molecule has 0 fully saturated rings. The van der Waals surface area contributed by atoms with Crippen molar-refractivity contribution >= 4 is 23.5 Å². The Kier molecular flexibility index (Phi) is 2.06. The van der Waals surface area contributed by atoms with E-state index in [1.165, 1.54) is 47.1 Å². The van der Waals surface area contributed by atoms with Gasteiger partial charge in [-0.1, -0.05) is 18.2 Å². The summed E-state index contributed by atoms with van der Waals surface area (Å²) in [5.74, 6) is 0.846. The van der Waals surface area contributed by atoms with Gasteiger partial charge in [0.1, 0.15) is 0 Å². The second-order valence-electron chi connectivity index (χ2n) is 4.29. The molecule has 1 nitrogen and oxygen atoms in total. The first-order chi connectivity index (χ1) is 7.33. The zero-order chi connectivity index (χ0) is 10.4. The Morgan fingerprint density at radius 3 is 3.07 bits per heavy atom. The molecule has 0 spiro atoms. The average Bonchev–Trinajstić information content (AvgIpc) is 2.55. The van der Waals surface area contributed by atoms with Gasteiger partial charge in [-0.2, -0.15) is 12.6 Å². The lowest BCUT2D eigenvalue weighted by atomic mass is 10.0. The highest BCUT2D eigenvalue weighted by atomic mass is 32.1. The largest absolute Gasteiger partial charge is 0.344 e. The summed E-state index contributed by atoms with van der Waals surface area (Å²) in [5, 5.41) is 1.42. The van der Waals surface area contributed by atoms with Crippen LogP contribution in [0.5, 0.6) is 0 Å². The van der Waals surface area contributed by atoms with Crippen LogP contribution >= 0.6 is 12.6 Å². The van der Waals surface area contributed by atoms with Crippen LogP contribution in [-0.4, -0.2) is 4.57 Å². The molecule has 0 atom stereocenters. The van der Waals surface area contributed by atoms with Crippen LogP contribution in [0.3, 0.4) is 0 Å². The Labute approximate surface area is 95.5 Å². The van der Waals surface area contributed by atoms with Crippen molar-refractivity contribution in [2.75, 3.05) is 0 Å². The standard InChI is InChI=1S/C13H15NS/c1-9-12(8-15)11-6-2-4-10-5-3-7-14(9)13(10)11/h2,4,6,15H,3,5,7-8H2,1H3. The quantitative estimate of drug-likeness (QED) is 0.699. The molecule has 2 heterocycles. The second-order valence-corrected chi connectivity index (χ2v) is 4.61. The van der Waals surface area contributed by atoms with Gasteiger partial charge < -0.3 is 4.57 Å². The first-order valence-corrected chi connectivity index (χ1v) is 6.16. The van der Waals surface area contributed by atoms with E-state index in [9.17, 15) is 0 Å². The molecule has 1 aliphatic heterocycles. The third-order valence-corrected chi connectivity index (χ3v) is 3.86. The van der Waals surface area contributed by atoms with E-state index in [0.717, 1.165) is 5.75 Å².